The van der Waals surface area contributed by atoms with Crippen LogP contribution in [0, 0.1) is 0 Å². The van der Waals surface area contributed by atoms with E-state index < -0.39 is 0 Å². The standard InChI is InChI=1S/C15H14N2O2/c1-10(18)11-4-2-5-12(8-11)15(19)17-14-7-3-6-13(16)9-14/h2-9H,16H2,1H3,(H,17,19). The number of hydrogen-bond donors (Lipinski definition) is 2. The van der Waals surface area contributed by atoms with Crippen LogP contribution in [0.4, 0.5) is 11.4 Å². The summed E-state index contributed by atoms with van der Waals surface area (Å²) >= 11 is 0. The fourth-order valence-electron chi connectivity index (χ4n) is 1.70. The number of amides is 1. The Morgan fingerprint density at radius 3 is 2.37 bits per heavy atom. The van der Waals surface area contributed by atoms with E-state index in [2.05, 4.69) is 5.32 Å². The number of benzene rings is 2. The van der Waals surface area contributed by atoms with E-state index in [0.717, 1.165) is 0 Å². The average molecular weight is 254 g/mol. The first kappa shape index (κ1) is 12.8. The van der Waals surface area contributed by atoms with Crippen LogP contribution in [0.15, 0.2) is 48.5 Å². The number of rotatable bonds is 3. The Bertz CT molecular complexity index is 636. The van der Waals surface area contributed by atoms with Crippen LogP contribution in [0.2, 0.25) is 0 Å². The summed E-state index contributed by atoms with van der Waals surface area (Å²) in [6.45, 7) is 1.47. The summed E-state index contributed by atoms with van der Waals surface area (Å²) in [5, 5.41) is 2.73. The molecular weight excluding hydrogens is 240 g/mol. The second kappa shape index (κ2) is 5.35. The molecule has 3 N–H and O–H groups in total. The van der Waals surface area contributed by atoms with Crippen LogP contribution in [-0.2, 0) is 0 Å². The number of anilines is 2. The second-order valence-corrected chi connectivity index (χ2v) is 4.22. The smallest absolute Gasteiger partial charge is 0.255 e. The third kappa shape index (κ3) is 3.19. The molecule has 2 rings (SSSR count). The maximum atomic E-state index is 12.0. The molecular formula is C15H14N2O2. The van der Waals surface area contributed by atoms with Crippen molar-refractivity contribution in [3.63, 3.8) is 0 Å². The molecule has 0 saturated heterocycles. The highest BCUT2D eigenvalue weighted by Crippen LogP contribution is 2.14. The molecule has 19 heavy (non-hydrogen) atoms. The Kier molecular flexibility index (Phi) is 3.61. The van der Waals surface area contributed by atoms with E-state index in [4.69, 9.17) is 5.73 Å². The molecule has 0 aliphatic heterocycles. The molecule has 4 nitrogen and oxygen atoms in total. The molecule has 0 atom stereocenters. The largest absolute Gasteiger partial charge is 0.399 e. The van der Waals surface area contributed by atoms with Gasteiger partial charge in [-0.05, 0) is 37.3 Å². The van der Waals surface area contributed by atoms with Crippen LogP contribution in [0.1, 0.15) is 27.6 Å². The molecule has 0 aliphatic rings. The van der Waals surface area contributed by atoms with Gasteiger partial charge in [-0.15, -0.1) is 0 Å². The summed E-state index contributed by atoms with van der Waals surface area (Å²) in [6, 6.07) is 13.5. The Balaban J connectivity index is 2.20. The molecule has 2 aromatic rings. The van der Waals surface area contributed by atoms with Crippen LogP contribution in [-0.4, -0.2) is 11.7 Å². The SMILES string of the molecule is CC(=O)c1cccc(C(=O)Nc2cccc(N)c2)c1. The molecule has 0 heterocycles. The van der Waals surface area contributed by atoms with Crippen molar-refractivity contribution in [2.24, 2.45) is 0 Å². The summed E-state index contributed by atoms with van der Waals surface area (Å²) in [6.07, 6.45) is 0. The van der Waals surface area contributed by atoms with E-state index >= 15 is 0 Å². The fourth-order valence-corrected chi connectivity index (χ4v) is 1.70. The van der Waals surface area contributed by atoms with Crippen LogP contribution >= 0.6 is 0 Å². The highest BCUT2D eigenvalue weighted by atomic mass is 16.1. The number of nitrogens with one attached hydrogen (secondary N) is 1. The van der Waals surface area contributed by atoms with Crippen molar-refractivity contribution < 1.29 is 9.59 Å². The molecule has 1 amide bonds. The van der Waals surface area contributed by atoms with Gasteiger partial charge in [0.2, 0.25) is 0 Å². The topological polar surface area (TPSA) is 72.2 Å². The summed E-state index contributed by atoms with van der Waals surface area (Å²) in [5.41, 5.74) is 7.80. The molecule has 4 heteroatoms. The van der Waals surface area contributed by atoms with Crippen molar-refractivity contribution in [3.05, 3.63) is 59.7 Å². The summed E-state index contributed by atoms with van der Waals surface area (Å²) in [4.78, 5) is 23.3. The molecule has 2 aromatic carbocycles. The van der Waals surface area contributed by atoms with E-state index in [0.29, 0.717) is 22.5 Å². The Labute approximate surface area is 111 Å². The molecule has 0 radical (unpaired) electrons. The normalized spacial score (nSPS) is 9.95. The first-order valence-electron chi connectivity index (χ1n) is 5.84. The Morgan fingerprint density at radius 2 is 1.68 bits per heavy atom. The number of hydrogen-bond acceptors (Lipinski definition) is 3. The first-order valence-corrected chi connectivity index (χ1v) is 5.84. The van der Waals surface area contributed by atoms with Gasteiger partial charge in [-0.2, -0.15) is 0 Å². The number of Topliss-reactive ketones (excluding diaryl/α,β-unsaturated/α-hetero) is 1. The molecule has 96 valence electrons. The van der Waals surface area contributed by atoms with Crippen molar-refractivity contribution in [1.82, 2.24) is 0 Å². The van der Waals surface area contributed by atoms with Gasteiger partial charge in [0.25, 0.3) is 5.91 Å². The van der Waals surface area contributed by atoms with E-state index in [1.165, 1.54) is 6.92 Å². The number of ketones is 1. The summed E-state index contributed by atoms with van der Waals surface area (Å²) in [7, 11) is 0. The molecule has 0 saturated carbocycles. The fraction of sp³-hybridized carbons (Fsp3) is 0.0667. The maximum Gasteiger partial charge on any atom is 0.255 e. The first-order chi connectivity index (χ1) is 9.06. The molecule has 0 unspecified atom stereocenters. The number of nitrogen functional groups attached to an aromatic ring is 1. The zero-order valence-electron chi connectivity index (χ0n) is 10.5. The predicted molar refractivity (Wildman–Crippen MR) is 75.3 cm³/mol. The van der Waals surface area contributed by atoms with Crippen LogP contribution in [0.5, 0.6) is 0 Å². The maximum absolute atomic E-state index is 12.0. The van der Waals surface area contributed by atoms with Crippen LogP contribution < -0.4 is 11.1 Å². The molecule has 0 spiro atoms. The highest BCUT2D eigenvalue weighted by Gasteiger charge is 2.08. The van der Waals surface area contributed by atoms with E-state index in [9.17, 15) is 9.59 Å². The molecule has 0 bridgehead atoms. The van der Waals surface area contributed by atoms with Crippen molar-refractivity contribution in [1.29, 1.82) is 0 Å². The lowest BCUT2D eigenvalue weighted by Crippen LogP contribution is -2.12. The predicted octanol–water partition coefficient (Wildman–Crippen LogP) is 2.72. The third-order valence-corrected chi connectivity index (χ3v) is 2.68. The van der Waals surface area contributed by atoms with Crippen LogP contribution in [0.3, 0.4) is 0 Å². The number of carbonyl (C=O) groups excluding carboxylic acids is 2. The number of carbonyl (C=O) groups is 2. The minimum Gasteiger partial charge on any atom is -0.399 e. The van der Waals surface area contributed by atoms with Gasteiger partial charge in [0.15, 0.2) is 5.78 Å². The van der Waals surface area contributed by atoms with Crippen molar-refractivity contribution >= 4 is 23.1 Å². The van der Waals surface area contributed by atoms with Gasteiger partial charge in [0.1, 0.15) is 0 Å². The lowest BCUT2D eigenvalue weighted by Gasteiger charge is -2.06. The molecule has 0 aromatic heterocycles. The van der Waals surface area contributed by atoms with Gasteiger partial charge in [0.05, 0.1) is 0 Å². The quantitative estimate of drug-likeness (QED) is 0.653. The van der Waals surface area contributed by atoms with E-state index in [1.807, 2.05) is 0 Å². The second-order valence-electron chi connectivity index (χ2n) is 4.22. The molecule has 0 aliphatic carbocycles. The summed E-state index contributed by atoms with van der Waals surface area (Å²) in [5.74, 6) is -0.340. The number of nitrogens with two attached hydrogens (primary N) is 1. The van der Waals surface area contributed by atoms with Crippen LogP contribution in [0.25, 0.3) is 0 Å². The monoisotopic (exact) mass is 254 g/mol. The Morgan fingerprint density at radius 1 is 1.00 bits per heavy atom. The van der Waals surface area contributed by atoms with E-state index in [1.54, 1.807) is 48.5 Å². The van der Waals surface area contributed by atoms with Crippen molar-refractivity contribution in [2.75, 3.05) is 11.1 Å². The van der Waals surface area contributed by atoms with Gasteiger partial charge >= 0.3 is 0 Å². The van der Waals surface area contributed by atoms with Gasteiger partial charge in [-0.1, -0.05) is 18.2 Å². The minimum absolute atomic E-state index is 0.0707. The third-order valence-electron chi connectivity index (χ3n) is 2.68. The summed E-state index contributed by atoms with van der Waals surface area (Å²) < 4.78 is 0. The minimum atomic E-state index is -0.270. The lowest BCUT2D eigenvalue weighted by atomic mass is 10.1. The Hall–Kier alpha value is -2.62. The van der Waals surface area contributed by atoms with Gasteiger partial charge in [-0.3, -0.25) is 9.59 Å². The van der Waals surface area contributed by atoms with Crippen molar-refractivity contribution in [3.8, 4) is 0 Å². The zero-order chi connectivity index (χ0) is 13.8. The lowest BCUT2D eigenvalue weighted by molar-refractivity contribution is 0.101. The van der Waals surface area contributed by atoms with Crippen molar-refractivity contribution in [2.45, 2.75) is 6.92 Å². The van der Waals surface area contributed by atoms with Gasteiger partial charge in [-0.25, -0.2) is 0 Å². The van der Waals surface area contributed by atoms with Gasteiger partial charge < -0.3 is 11.1 Å². The zero-order valence-corrected chi connectivity index (χ0v) is 10.5. The average Bonchev–Trinajstić information content (AvgIpc) is 2.39. The van der Waals surface area contributed by atoms with E-state index in [-0.39, 0.29) is 11.7 Å². The molecule has 0 fully saturated rings. The highest BCUT2D eigenvalue weighted by molar-refractivity contribution is 6.06. The van der Waals surface area contributed by atoms with Gasteiger partial charge in [0, 0.05) is 22.5 Å².